The van der Waals surface area contributed by atoms with Gasteiger partial charge in [0.25, 0.3) is 0 Å². The summed E-state index contributed by atoms with van der Waals surface area (Å²) in [6.07, 6.45) is 0.977. The van der Waals surface area contributed by atoms with Crippen LogP contribution in [-0.2, 0) is 17.9 Å². The monoisotopic (exact) mass is 380 g/mol. The average Bonchev–Trinajstić information content (AvgIpc) is 3.08. The lowest BCUT2D eigenvalue weighted by atomic mass is 10.1. The molecule has 1 N–H and O–H groups in total. The van der Waals surface area contributed by atoms with Gasteiger partial charge in [0.2, 0.25) is 5.91 Å². The fourth-order valence-electron chi connectivity index (χ4n) is 2.80. The third-order valence-corrected chi connectivity index (χ3v) is 5.07. The summed E-state index contributed by atoms with van der Waals surface area (Å²) in [5.41, 5.74) is 3.33. The molecule has 0 atom stereocenters. The topological polar surface area (TPSA) is 59.8 Å². The molecule has 0 aliphatic rings. The van der Waals surface area contributed by atoms with Crippen LogP contribution in [-0.4, -0.2) is 26.4 Å². The van der Waals surface area contributed by atoms with Crippen LogP contribution in [0.15, 0.2) is 59.8 Å². The minimum absolute atomic E-state index is 0.00740. The Morgan fingerprint density at radius 3 is 2.67 bits per heavy atom. The van der Waals surface area contributed by atoms with Crippen LogP contribution in [0.25, 0.3) is 11.4 Å². The highest BCUT2D eigenvalue weighted by Crippen LogP contribution is 2.25. The molecule has 0 unspecified atom stereocenters. The Kier molecular flexibility index (Phi) is 6.65. The number of hydrogen-bond donors (Lipinski definition) is 1. The Balaban J connectivity index is 1.65. The van der Waals surface area contributed by atoms with Crippen LogP contribution >= 0.6 is 11.8 Å². The van der Waals surface area contributed by atoms with Crippen LogP contribution in [0.4, 0.5) is 0 Å². The standard InChI is InChI=1S/C21H24N4OS/c1-3-12-25-20(18-11-7-8-16(2)13-18)23-24-21(25)27-15-19(26)22-14-17-9-5-4-6-10-17/h4-11,13H,3,12,14-15H2,1-2H3,(H,22,26). The zero-order valence-corrected chi connectivity index (χ0v) is 16.5. The summed E-state index contributed by atoms with van der Waals surface area (Å²) in [6.45, 7) is 5.55. The molecule has 0 fully saturated rings. The Morgan fingerprint density at radius 1 is 1.11 bits per heavy atom. The van der Waals surface area contributed by atoms with Gasteiger partial charge in [0, 0.05) is 18.7 Å². The number of thioether (sulfide) groups is 1. The number of amides is 1. The number of nitrogens with one attached hydrogen (secondary N) is 1. The molecule has 0 saturated carbocycles. The van der Waals surface area contributed by atoms with Gasteiger partial charge in [-0.25, -0.2) is 0 Å². The molecule has 6 heteroatoms. The van der Waals surface area contributed by atoms with Crippen molar-refractivity contribution in [1.29, 1.82) is 0 Å². The van der Waals surface area contributed by atoms with Gasteiger partial charge in [-0.15, -0.1) is 10.2 Å². The smallest absolute Gasteiger partial charge is 0.230 e. The lowest BCUT2D eigenvalue weighted by molar-refractivity contribution is -0.118. The maximum atomic E-state index is 12.2. The number of aryl methyl sites for hydroxylation is 1. The predicted octanol–water partition coefficient (Wildman–Crippen LogP) is 4.07. The van der Waals surface area contributed by atoms with Gasteiger partial charge in [-0.2, -0.15) is 0 Å². The van der Waals surface area contributed by atoms with Crippen molar-refractivity contribution in [3.05, 3.63) is 65.7 Å². The van der Waals surface area contributed by atoms with Crippen LogP contribution in [0.1, 0.15) is 24.5 Å². The van der Waals surface area contributed by atoms with E-state index in [4.69, 9.17) is 0 Å². The highest BCUT2D eigenvalue weighted by Gasteiger charge is 2.15. The van der Waals surface area contributed by atoms with Gasteiger partial charge in [-0.3, -0.25) is 4.79 Å². The second kappa shape index (κ2) is 9.37. The molecule has 0 aliphatic heterocycles. The second-order valence-corrected chi connectivity index (χ2v) is 7.32. The normalized spacial score (nSPS) is 10.7. The van der Waals surface area contributed by atoms with Crippen LogP contribution in [0.5, 0.6) is 0 Å². The first-order chi connectivity index (χ1) is 13.2. The number of nitrogens with zero attached hydrogens (tertiary/aromatic N) is 3. The van der Waals surface area contributed by atoms with Crippen LogP contribution in [0.3, 0.4) is 0 Å². The van der Waals surface area contributed by atoms with Crippen molar-refractivity contribution in [3.63, 3.8) is 0 Å². The van der Waals surface area contributed by atoms with Crippen LogP contribution in [0, 0.1) is 6.92 Å². The van der Waals surface area contributed by atoms with E-state index in [0.29, 0.717) is 12.3 Å². The first kappa shape index (κ1) is 19.2. The van der Waals surface area contributed by atoms with E-state index in [-0.39, 0.29) is 5.91 Å². The van der Waals surface area contributed by atoms with Crippen molar-refractivity contribution in [2.45, 2.75) is 38.5 Å². The largest absolute Gasteiger partial charge is 0.351 e. The molecule has 3 aromatic rings. The van der Waals surface area contributed by atoms with Crippen molar-refractivity contribution in [3.8, 4) is 11.4 Å². The van der Waals surface area contributed by atoms with E-state index in [0.717, 1.165) is 35.1 Å². The van der Waals surface area contributed by atoms with Gasteiger partial charge in [0.05, 0.1) is 5.75 Å². The highest BCUT2D eigenvalue weighted by molar-refractivity contribution is 7.99. The minimum Gasteiger partial charge on any atom is -0.351 e. The quantitative estimate of drug-likeness (QED) is 0.599. The lowest BCUT2D eigenvalue weighted by Gasteiger charge is -2.09. The summed E-state index contributed by atoms with van der Waals surface area (Å²) in [4.78, 5) is 12.2. The predicted molar refractivity (Wildman–Crippen MR) is 109 cm³/mol. The van der Waals surface area contributed by atoms with Gasteiger partial charge in [-0.1, -0.05) is 72.8 Å². The molecule has 1 aromatic heterocycles. The van der Waals surface area contributed by atoms with Crippen LogP contribution in [0.2, 0.25) is 0 Å². The SMILES string of the molecule is CCCn1c(SCC(=O)NCc2ccccc2)nnc1-c1cccc(C)c1. The number of benzene rings is 2. The molecule has 27 heavy (non-hydrogen) atoms. The van der Waals surface area contributed by atoms with E-state index in [1.165, 1.54) is 17.3 Å². The van der Waals surface area contributed by atoms with Gasteiger partial charge >= 0.3 is 0 Å². The third-order valence-electron chi connectivity index (χ3n) is 4.11. The molecule has 5 nitrogen and oxygen atoms in total. The molecule has 1 heterocycles. The molecular weight excluding hydrogens is 356 g/mol. The highest BCUT2D eigenvalue weighted by atomic mass is 32.2. The summed E-state index contributed by atoms with van der Waals surface area (Å²) in [5, 5.41) is 12.4. The molecule has 0 aliphatic carbocycles. The number of rotatable bonds is 8. The Bertz CT molecular complexity index is 892. The molecular formula is C21H24N4OS. The van der Waals surface area contributed by atoms with Crippen molar-refractivity contribution in [2.24, 2.45) is 0 Å². The van der Waals surface area contributed by atoms with Crippen molar-refractivity contribution in [2.75, 3.05) is 5.75 Å². The zero-order chi connectivity index (χ0) is 19.1. The van der Waals surface area contributed by atoms with E-state index in [1.807, 2.05) is 42.5 Å². The third kappa shape index (κ3) is 5.20. The Labute approximate surface area is 164 Å². The van der Waals surface area contributed by atoms with E-state index < -0.39 is 0 Å². The lowest BCUT2D eigenvalue weighted by Crippen LogP contribution is -2.24. The van der Waals surface area contributed by atoms with E-state index in [9.17, 15) is 4.79 Å². The summed E-state index contributed by atoms with van der Waals surface area (Å²) < 4.78 is 2.10. The molecule has 0 spiro atoms. The first-order valence-corrected chi connectivity index (χ1v) is 10.1. The Hall–Kier alpha value is -2.60. The second-order valence-electron chi connectivity index (χ2n) is 6.38. The fraction of sp³-hybridized carbons (Fsp3) is 0.286. The number of carbonyl (C=O) groups excluding carboxylic acids is 1. The van der Waals surface area contributed by atoms with Crippen molar-refractivity contribution < 1.29 is 4.79 Å². The number of carbonyl (C=O) groups is 1. The summed E-state index contributed by atoms with van der Waals surface area (Å²) in [6, 6.07) is 18.1. The minimum atomic E-state index is -0.00740. The zero-order valence-electron chi connectivity index (χ0n) is 15.7. The van der Waals surface area contributed by atoms with E-state index in [1.54, 1.807) is 0 Å². The molecule has 0 saturated heterocycles. The van der Waals surface area contributed by atoms with E-state index >= 15 is 0 Å². The Morgan fingerprint density at radius 2 is 1.93 bits per heavy atom. The van der Waals surface area contributed by atoms with Gasteiger partial charge in [0.15, 0.2) is 11.0 Å². The maximum absolute atomic E-state index is 12.2. The van der Waals surface area contributed by atoms with Gasteiger partial charge in [0.1, 0.15) is 0 Å². The summed E-state index contributed by atoms with van der Waals surface area (Å²) in [7, 11) is 0. The summed E-state index contributed by atoms with van der Waals surface area (Å²) >= 11 is 1.43. The molecule has 3 rings (SSSR count). The molecule has 0 radical (unpaired) electrons. The molecule has 140 valence electrons. The fourth-order valence-corrected chi connectivity index (χ4v) is 3.59. The van der Waals surface area contributed by atoms with Crippen LogP contribution < -0.4 is 5.32 Å². The summed E-state index contributed by atoms with van der Waals surface area (Å²) in [5.74, 6) is 1.17. The van der Waals surface area contributed by atoms with E-state index in [2.05, 4.69) is 46.1 Å². The number of aromatic nitrogens is 3. The van der Waals surface area contributed by atoms with Crippen molar-refractivity contribution >= 4 is 17.7 Å². The van der Waals surface area contributed by atoms with Gasteiger partial charge < -0.3 is 9.88 Å². The molecule has 2 aromatic carbocycles. The van der Waals surface area contributed by atoms with Gasteiger partial charge in [-0.05, 0) is 25.0 Å². The van der Waals surface area contributed by atoms with Crippen molar-refractivity contribution in [1.82, 2.24) is 20.1 Å². The number of hydrogen-bond acceptors (Lipinski definition) is 4. The first-order valence-electron chi connectivity index (χ1n) is 9.11. The maximum Gasteiger partial charge on any atom is 0.230 e. The molecule has 0 bridgehead atoms. The molecule has 1 amide bonds. The average molecular weight is 381 g/mol.